The molecule has 0 aliphatic heterocycles. The second kappa shape index (κ2) is 5.31. The van der Waals surface area contributed by atoms with E-state index in [9.17, 15) is 10.1 Å². The third-order valence-corrected chi connectivity index (χ3v) is 3.55. The molecule has 100 valence electrons. The molecule has 2 rings (SSSR count). The average molecular weight is 278 g/mol. The van der Waals surface area contributed by atoms with Crippen molar-refractivity contribution in [3.05, 3.63) is 45.6 Å². The van der Waals surface area contributed by atoms with E-state index in [0.717, 1.165) is 5.56 Å². The van der Waals surface area contributed by atoms with Crippen molar-refractivity contribution in [2.24, 2.45) is 0 Å². The largest absolute Gasteiger partial charge is 0.378 e. The van der Waals surface area contributed by atoms with Crippen molar-refractivity contribution >= 4 is 23.3 Å². The van der Waals surface area contributed by atoms with E-state index in [2.05, 4.69) is 5.10 Å². The molecule has 0 atom stereocenters. The van der Waals surface area contributed by atoms with Gasteiger partial charge in [0, 0.05) is 4.90 Å². The summed E-state index contributed by atoms with van der Waals surface area (Å²) in [6.07, 6.45) is 2.01. The van der Waals surface area contributed by atoms with E-state index in [-0.39, 0.29) is 11.5 Å². The highest BCUT2D eigenvalue weighted by Crippen LogP contribution is 2.26. The number of benzene rings is 1. The molecule has 0 saturated carbocycles. The van der Waals surface area contributed by atoms with Gasteiger partial charge in [-0.3, -0.25) is 10.1 Å². The molecule has 1 heterocycles. The summed E-state index contributed by atoms with van der Waals surface area (Å²) >= 11 is 1.66. The van der Waals surface area contributed by atoms with Gasteiger partial charge < -0.3 is 5.73 Å². The maximum absolute atomic E-state index is 10.9. The zero-order chi connectivity index (χ0) is 14.0. The van der Waals surface area contributed by atoms with E-state index in [1.54, 1.807) is 18.7 Å². The number of nitrogens with zero attached hydrogens (tertiary/aromatic N) is 3. The van der Waals surface area contributed by atoms with E-state index in [4.69, 9.17) is 5.73 Å². The summed E-state index contributed by atoms with van der Waals surface area (Å²) in [5, 5.41) is 15.0. The SMILES string of the molecule is CSc1ccc(Cn2nc(C)c([N+](=O)[O-])c2N)cc1. The van der Waals surface area contributed by atoms with E-state index >= 15 is 0 Å². The predicted octanol–water partition coefficient (Wildman–Crippen LogP) is 2.45. The molecule has 6 nitrogen and oxygen atoms in total. The number of nitro groups is 1. The molecule has 0 spiro atoms. The van der Waals surface area contributed by atoms with E-state index in [0.29, 0.717) is 12.2 Å². The Morgan fingerprint density at radius 2 is 2.05 bits per heavy atom. The maximum Gasteiger partial charge on any atom is 0.333 e. The Balaban J connectivity index is 2.28. The molecule has 0 radical (unpaired) electrons. The molecule has 2 N–H and O–H groups in total. The predicted molar refractivity (Wildman–Crippen MR) is 75.4 cm³/mol. The molecule has 1 aromatic carbocycles. The number of nitrogens with two attached hydrogens (primary N) is 1. The Bertz CT molecular complexity index is 607. The maximum atomic E-state index is 10.9. The first-order chi connectivity index (χ1) is 9.02. The summed E-state index contributed by atoms with van der Waals surface area (Å²) in [7, 11) is 0. The highest BCUT2D eigenvalue weighted by atomic mass is 32.2. The third-order valence-electron chi connectivity index (χ3n) is 2.81. The smallest absolute Gasteiger partial charge is 0.333 e. The summed E-state index contributed by atoms with van der Waals surface area (Å²) < 4.78 is 1.46. The molecule has 0 unspecified atom stereocenters. The zero-order valence-corrected chi connectivity index (χ0v) is 11.5. The van der Waals surface area contributed by atoms with Crippen LogP contribution in [0.2, 0.25) is 0 Å². The Hall–Kier alpha value is -2.02. The van der Waals surface area contributed by atoms with Gasteiger partial charge in [-0.25, -0.2) is 4.68 Å². The van der Waals surface area contributed by atoms with Gasteiger partial charge in [0.05, 0.1) is 11.5 Å². The molecule has 7 heteroatoms. The molecule has 2 aromatic rings. The van der Waals surface area contributed by atoms with Crippen molar-refractivity contribution < 1.29 is 4.92 Å². The molecule has 0 aliphatic rings. The van der Waals surface area contributed by atoms with Gasteiger partial charge in [0.2, 0.25) is 5.82 Å². The number of hydrogen-bond acceptors (Lipinski definition) is 5. The molecule has 1 aromatic heterocycles. The fourth-order valence-electron chi connectivity index (χ4n) is 1.84. The Morgan fingerprint density at radius 3 is 2.53 bits per heavy atom. The first-order valence-electron chi connectivity index (χ1n) is 5.63. The second-order valence-corrected chi connectivity index (χ2v) is 4.96. The fraction of sp³-hybridized carbons (Fsp3) is 0.250. The van der Waals surface area contributed by atoms with Crippen LogP contribution in [0.15, 0.2) is 29.2 Å². The normalized spacial score (nSPS) is 10.6. The lowest BCUT2D eigenvalue weighted by molar-refractivity contribution is -0.384. The fourth-order valence-corrected chi connectivity index (χ4v) is 2.25. The highest BCUT2D eigenvalue weighted by Gasteiger charge is 2.22. The van der Waals surface area contributed by atoms with Crippen LogP contribution in [0, 0.1) is 17.0 Å². The lowest BCUT2D eigenvalue weighted by Gasteiger charge is -2.04. The molecule has 0 amide bonds. The van der Waals surface area contributed by atoms with Crippen molar-refractivity contribution in [2.75, 3.05) is 12.0 Å². The van der Waals surface area contributed by atoms with Crippen molar-refractivity contribution in [3.8, 4) is 0 Å². The first-order valence-corrected chi connectivity index (χ1v) is 6.85. The zero-order valence-electron chi connectivity index (χ0n) is 10.7. The van der Waals surface area contributed by atoms with Gasteiger partial charge in [0.25, 0.3) is 0 Å². The van der Waals surface area contributed by atoms with Crippen LogP contribution in [0.25, 0.3) is 0 Å². The number of anilines is 1. The minimum absolute atomic E-state index is 0.0939. The summed E-state index contributed by atoms with van der Waals surface area (Å²) in [5.41, 5.74) is 6.99. The summed E-state index contributed by atoms with van der Waals surface area (Å²) in [6, 6.07) is 7.93. The first kappa shape index (κ1) is 13.4. The molecule has 0 bridgehead atoms. The van der Waals surface area contributed by atoms with Gasteiger partial charge in [0.15, 0.2) is 0 Å². The molecule has 19 heavy (non-hydrogen) atoms. The molecular formula is C12H14N4O2S. The lowest BCUT2D eigenvalue weighted by Crippen LogP contribution is -2.06. The van der Waals surface area contributed by atoms with E-state index in [1.165, 1.54) is 9.58 Å². The van der Waals surface area contributed by atoms with Crippen LogP contribution in [0.3, 0.4) is 0 Å². The van der Waals surface area contributed by atoms with Gasteiger partial charge in [-0.05, 0) is 30.9 Å². The van der Waals surface area contributed by atoms with Gasteiger partial charge >= 0.3 is 5.69 Å². The monoisotopic (exact) mass is 278 g/mol. The quantitative estimate of drug-likeness (QED) is 0.527. The van der Waals surface area contributed by atoms with E-state index in [1.807, 2.05) is 30.5 Å². The van der Waals surface area contributed by atoms with Crippen LogP contribution in [-0.4, -0.2) is 21.0 Å². The topological polar surface area (TPSA) is 87.0 Å². The summed E-state index contributed by atoms with van der Waals surface area (Å²) in [6.45, 7) is 2.01. The molecule has 0 fully saturated rings. The minimum atomic E-state index is -0.495. The van der Waals surface area contributed by atoms with Crippen molar-refractivity contribution in [2.45, 2.75) is 18.4 Å². The van der Waals surface area contributed by atoms with Crippen molar-refractivity contribution in [3.63, 3.8) is 0 Å². The Morgan fingerprint density at radius 1 is 1.42 bits per heavy atom. The van der Waals surface area contributed by atoms with Crippen LogP contribution in [-0.2, 0) is 6.54 Å². The van der Waals surface area contributed by atoms with Crippen LogP contribution in [0.4, 0.5) is 11.5 Å². The third kappa shape index (κ3) is 2.70. The number of aryl methyl sites for hydroxylation is 1. The standard InChI is InChI=1S/C12H14N4O2S/c1-8-11(16(17)18)12(13)15(14-8)7-9-3-5-10(19-2)6-4-9/h3-6H,7,13H2,1-2H3. The average Bonchev–Trinajstić information content (AvgIpc) is 2.65. The lowest BCUT2D eigenvalue weighted by atomic mass is 10.2. The van der Waals surface area contributed by atoms with Crippen LogP contribution >= 0.6 is 11.8 Å². The van der Waals surface area contributed by atoms with Crippen LogP contribution < -0.4 is 5.73 Å². The van der Waals surface area contributed by atoms with Gasteiger partial charge in [-0.2, -0.15) is 5.10 Å². The highest BCUT2D eigenvalue weighted by molar-refractivity contribution is 7.98. The van der Waals surface area contributed by atoms with Crippen molar-refractivity contribution in [1.29, 1.82) is 0 Å². The Labute approximate surface area is 114 Å². The summed E-state index contributed by atoms with van der Waals surface area (Å²) in [5.74, 6) is 0.0939. The van der Waals surface area contributed by atoms with Crippen molar-refractivity contribution in [1.82, 2.24) is 9.78 Å². The van der Waals surface area contributed by atoms with Crippen LogP contribution in [0.1, 0.15) is 11.3 Å². The number of nitrogen functional groups attached to an aromatic ring is 1. The number of hydrogen-bond donors (Lipinski definition) is 1. The molecule has 0 saturated heterocycles. The van der Waals surface area contributed by atoms with Gasteiger partial charge in [-0.15, -0.1) is 11.8 Å². The molecule has 0 aliphatic carbocycles. The number of aromatic nitrogens is 2. The minimum Gasteiger partial charge on any atom is -0.378 e. The Kier molecular flexibility index (Phi) is 3.75. The summed E-state index contributed by atoms with van der Waals surface area (Å²) in [4.78, 5) is 11.5. The number of thioether (sulfide) groups is 1. The van der Waals surface area contributed by atoms with Gasteiger partial charge in [0.1, 0.15) is 5.69 Å². The number of rotatable bonds is 4. The second-order valence-electron chi connectivity index (χ2n) is 4.08. The van der Waals surface area contributed by atoms with E-state index < -0.39 is 4.92 Å². The van der Waals surface area contributed by atoms with Gasteiger partial charge in [-0.1, -0.05) is 12.1 Å². The van der Waals surface area contributed by atoms with Crippen LogP contribution in [0.5, 0.6) is 0 Å². The molecular weight excluding hydrogens is 264 g/mol.